The lowest BCUT2D eigenvalue weighted by atomic mass is 10.1. The Morgan fingerprint density at radius 2 is 1.41 bits per heavy atom. The van der Waals surface area contributed by atoms with Gasteiger partial charge < -0.3 is 14.8 Å². The molecule has 0 aliphatic heterocycles. The zero-order chi connectivity index (χ0) is 18.9. The topological polar surface area (TPSA) is 47.6 Å². The molecule has 0 radical (unpaired) electrons. The third kappa shape index (κ3) is 5.19. The van der Waals surface area contributed by atoms with Crippen LogP contribution in [-0.2, 0) is 24.5 Å². The normalized spacial score (nSPS) is 10.4. The van der Waals surface area contributed by atoms with Gasteiger partial charge >= 0.3 is 0 Å². The van der Waals surface area contributed by atoms with E-state index in [0.717, 1.165) is 22.4 Å². The third-order valence-electron chi connectivity index (χ3n) is 4.26. The lowest BCUT2D eigenvalue weighted by molar-refractivity contribution is 0.0948. The van der Waals surface area contributed by atoms with E-state index in [0.29, 0.717) is 25.3 Å². The Balaban J connectivity index is 1.67. The summed E-state index contributed by atoms with van der Waals surface area (Å²) < 4.78 is 11.0. The van der Waals surface area contributed by atoms with E-state index >= 15 is 0 Å². The van der Waals surface area contributed by atoms with Crippen molar-refractivity contribution in [1.82, 2.24) is 5.32 Å². The molecule has 0 saturated carbocycles. The van der Waals surface area contributed by atoms with E-state index < -0.39 is 0 Å². The smallest absolute Gasteiger partial charge is 0.251 e. The molecule has 138 valence electrons. The van der Waals surface area contributed by atoms with Gasteiger partial charge in [0.15, 0.2) is 0 Å². The number of amides is 1. The molecule has 3 aromatic carbocycles. The SMILES string of the molecule is COCc1ccccc1CNC(=O)c1ccccc1COc1ccccc1. The van der Waals surface area contributed by atoms with Crippen LogP contribution < -0.4 is 10.1 Å². The average Bonchev–Trinajstić information content (AvgIpc) is 2.72. The lowest BCUT2D eigenvalue weighted by Crippen LogP contribution is -2.25. The second-order valence-corrected chi connectivity index (χ2v) is 6.14. The molecule has 3 rings (SSSR count). The summed E-state index contributed by atoms with van der Waals surface area (Å²) in [5.41, 5.74) is 3.59. The molecule has 0 fully saturated rings. The molecule has 0 unspecified atom stereocenters. The van der Waals surface area contributed by atoms with Crippen LogP contribution in [0.25, 0.3) is 0 Å². The number of methoxy groups -OCH3 is 1. The quantitative estimate of drug-likeness (QED) is 0.649. The molecule has 0 heterocycles. The number of carbonyl (C=O) groups excluding carboxylic acids is 1. The van der Waals surface area contributed by atoms with E-state index in [1.54, 1.807) is 7.11 Å². The van der Waals surface area contributed by atoms with Gasteiger partial charge in [-0.25, -0.2) is 0 Å². The zero-order valence-electron chi connectivity index (χ0n) is 15.4. The molecular weight excluding hydrogens is 338 g/mol. The number of benzene rings is 3. The predicted octanol–water partition coefficient (Wildman–Crippen LogP) is 4.34. The molecule has 0 aliphatic rings. The van der Waals surface area contributed by atoms with E-state index in [-0.39, 0.29) is 5.91 Å². The van der Waals surface area contributed by atoms with Gasteiger partial charge in [0.25, 0.3) is 5.91 Å². The maximum absolute atomic E-state index is 12.7. The molecule has 1 N–H and O–H groups in total. The Kier molecular flexibility index (Phi) is 6.61. The minimum atomic E-state index is -0.116. The highest BCUT2D eigenvalue weighted by atomic mass is 16.5. The first kappa shape index (κ1) is 18.7. The summed E-state index contributed by atoms with van der Waals surface area (Å²) in [6, 6.07) is 25.0. The van der Waals surface area contributed by atoms with Gasteiger partial charge in [-0.15, -0.1) is 0 Å². The first-order valence-corrected chi connectivity index (χ1v) is 8.87. The molecule has 0 aliphatic carbocycles. The van der Waals surface area contributed by atoms with Crippen LogP contribution >= 0.6 is 0 Å². The number of hydrogen-bond donors (Lipinski definition) is 1. The molecule has 0 bridgehead atoms. The van der Waals surface area contributed by atoms with Crippen LogP contribution in [0.2, 0.25) is 0 Å². The van der Waals surface area contributed by atoms with E-state index in [1.165, 1.54) is 0 Å². The van der Waals surface area contributed by atoms with Crippen molar-refractivity contribution in [2.24, 2.45) is 0 Å². The number of carbonyl (C=O) groups is 1. The van der Waals surface area contributed by atoms with Crippen LogP contribution in [-0.4, -0.2) is 13.0 Å². The zero-order valence-corrected chi connectivity index (χ0v) is 15.4. The van der Waals surface area contributed by atoms with Crippen LogP contribution in [0, 0.1) is 0 Å². The number of ether oxygens (including phenoxy) is 2. The Labute approximate surface area is 159 Å². The molecule has 27 heavy (non-hydrogen) atoms. The predicted molar refractivity (Wildman–Crippen MR) is 106 cm³/mol. The van der Waals surface area contributed by atoms with E-state index in [1.807, 2.05) is 78.9 Å². The fourth-order valence-corrected chi connectivity index (χ4v) is 2.84. The summed E-state index contributed by atoms with van der Waals surface area (Å²) in [5, 5.41) is 3.00. The minimum Gasteiger partial charge on any atom is -0.489 e. The van der Waals surface area contributed by atoms with E-state index in [4.69, 9.17) is 9.47 Å². The van der Waals surface area contributed by atoms with Gasteiger partial charge in [-0.1, -0.05) is 60.7 Å². The second kappa shape index (κ2) is 9.55. The van der Waals surface area contributed by atoms with Gasteiger partial charge in [0, 0.05) is 24.8 Å². The lowest BCUT2D eigenvalue weighted by Gasteiger charge is -2.13. The molecular formula is C23H23NO3. The van der Waals surface area contributed by atoms with Crippen molar-refractivity contribution in [3.8, 4) is 5.75 Å². The molecule has 0 saturated heterocycles. The van der Waals surface area contributed by atoms with Crippen molar-refractivity contribution < 1.29 is 14.3 Å². The Bertz CT molecular complexity index is 878. The van der Waals surface area contributed by atoms with Crippen molar-refractivity contribution in [3.05, 3.63) is 101 Å². The Hall–Kier alpha value is -3.11. The van der Waals surface area contributed by atoms with Crippen molar-refractivity contribution in [2.45, 2.75) is 19.8 Å². The highest BCUT2D eigenvalue weighted by molar-refractivity contribution is 5.95. The van der Waals surface area contributed by atoms with Crippen molar-refractivity contribution in [2.75, 3.05) is 7.11 Å². The van der Waals surface area contributed by atoms with Crippen LogP contribution in [0.5, 0.6) is 5.75 Å². The van der Waals surface area contributed by atoms with Gasteiger partial charge in [-0.3, -0.25) is 4.79 Å². The molecule has 0 aromatic heterocycles. The highest BCUT2D eigenvalue weighted by Crippen LogP contribution is 2.15. The number of para-hydroxylation sites is 1. The van der Waals surface area contributed by atoms with Crippen LogP contribution in [0.4, 0.5) is 0 Å². The molecule has 4 nitrogen and oxygen atoms in total. The van der Waals surface area contributed by atoms with E-state index in [2.05, 4.69) is 5.32 Å². The Morgan fingerprint density at radius 3 is 2.15 bits per heavy atom. The summed E-state index contributed by atoms with van der Waals surface area (Å²) in [5.74, 6) is 0.663. The number of nitrogens with one attached hydrogen (secondary N) is 1. The van der Waals surface area contributed by atoms with Gasteiger partial charge in [0.1, 0.15) is 12.4 Å². The van der Waals surface area contributed by atoms with E-state index in [9.17, 15) is 4.79 Å². The molecule has 4 heteroatoms. The van der Waals surface area contributed by atoms with Crippen molar-refractivity contribution in [3.63, 3.8) is 0 Å². The largest absolute Gasteiger partial charge is 0.489 e. The monoisotopic (exact) mass is 361 g/mol. The molecule has 3 aromatic rings. The highest BCUT2D eigenvalue weighted by Gasteiger charge is 2.12. The summed E-state index contributed by atoms with van der Waals surface area (Å²) in [7, 11) is 1.67. The number of hydrogen-bond acceptors (Lipinski definition) is 3. The summed E-state index contributed by atoms with van der Waals surface area (Å²) >= 11 is 0. The van der Waals surface area contributed by atoms with Crippen molar-refractivity contribution in [1.29, 1.82) is 0 Å². The fourth-order valence-electron chi connectivity index (χ4n) is 2.84. The second-order valence-electron chi connectivity index (χ2n) is 6.14. The van der Waals surface area contributed by atoms with Gasteiger partial charge in [-0.05, 0) is 29.3 Å². The molecule has 0 spiro atoms. The first-order valence-electron chi connectivity index (χ1n) is 8.87. The fraction of sp³-hybridized carbons (Fsp3) is 0.174. The maximum atomic E-state index is 12.7. The summed E-state index contributed by atoms with van der Waals surface area (Å²) in [4.78, 5) is 12.7. The maximum Gasteiger partial charge on any atom is 0.251 e. The minimum absolute atomic E-state index is 0.116. The van der Waals surface area contributed by atoms with Gasteiger partial charge in [-0.2, -0.15) is 0 Å². The van der Waals surface area contributed by atoms with Crippen LogP contribution in [0.15, 0.2) is 78.9 Å². The summed E-state index contributed by atoms with van der Waals surface area (Å²) in [6.07, 6.45) is 0. The van der Waals surface area contributed by atoms with Crippen LogP contribution in [0.1, 0.15) is 27.0 Å². The van der Waals surface area contributed by atoms with Gasteiger partial charge in [0.2, 0.25) is 0 Å². The molecule has 0 atom stereocenters. The van der Waals surface area contributed by atoms with Crippen molar-refractivity contribution >= 4 is 5.91 Å². The summed E-state index contributed by atoms with van der Waals surface area (Å²) in [6.45, 7) is 1.31. The van der Waals surface area contributed by atoms with Gasteiger partial charge in [0.05, 0.1) is 6.61 Å². The Morgan fingerprint density at radius 1 is 0.778 bits per heavy atom. The standard InChI is InChI=1S/C23H23NO3/c1-26-16-19-10-6-5-9-18(19)15-24-23(25)22-14-8-7-11-20(22)17-27-21-12-3-2-4-13-21/h2-14H,15-17H2,1H3,(H,24,25). The molecule has 1 amide bonds. The average molecular weight is 361 g/mol. The number of rotatable bonds is 8. The van der Waals surface area contributed by atoms with Crippen LogP contribution in [0.3, 0.4) is 0 Å². The third-order valence-corrected chi connectivity index (χ3v) is 4.26. The first-order chi connectivity index (χ1) is 13.3.